The number of rotatable bonds is 6. The number of ketones is 1. The first-order chi connectivity index (χ1) is 14.2. The number of ether oxygens (including phenoxy) is 1. The van der Waals surface area contributed by atoms with Gasteiger partial charge in [-0.2, -0.15) is 9.40 Å². The van der Waals surface area contributed by atoms with E-state index in [1.807, 2.05) is 0 Å². The van der Waals surface area contributed by atoms with Crippen molar-refractivity contribution in [1.29, 1.82) is 0 Å². The Balaban J connectivity index is 1.53. The maximum absolute atomic E-state index is 12.8. The van der Waals surface area contributed by atoms with Crippen LogP contribution in [0.3, 0.4) is 0 Å². The first kappa shape index (κ1) is 21.7. The van der Waals surface area contributed by atoms with Gasteiger partial charge in [-0.1, -0.05) is 12.1 Å². The Morgan fingerprint density at radius 1 is 1.03 bits per heavy atom. The standard InChI is InChI=1S/C19H22N4O6S/c1-14(24)15-3-5-17(6-4-15)30(27,28)23-9-7-22(8-10-23)18(25)13-29-19(26)16-11-20-21(2)12-16/h3-6,11-12H,7-10,13H2,1-2H3. The van der Waals surface area contributed by atoms with Crippen molar-refractivity contribution in [2.75, 3.05) is 32.8 Å². The highest BCUT2D eigenvalue weighted by atomic mass is 32.2. The molecule has 11 heteroatoms. The maximum atomic E-state index is 12.8. The number of amides is 1. The minimum absolute atomic E-state index is 0.0951. The topological polar surface area (TPSA) is 119 Å². The third kappa shape index (κ3) is 4.74. The molecule has 0 aliphatic carbocycles. The maximum Gasteiger partial charge on any atom is 0.341 e. The number of carbonyl (C=O) groups excluding carboxylic acids is 3. The predicted octanol–water partition coefficient (Wildman–Crippen LogP) is 0.313. The van der Waals surface area contributed by atoms with Crippen molar-refractivity contribution in [1.82, 2.24) is 19.0 Å². The molecule has 3 rings (SSSR count). The molecule has 0 spiro atoms. The van der Waals surface area contributed by atoms with Gasteiger partial charge in [0, 0.05) is 45.0 Å². The number of aryl methyl sites for hydroxylation is 1. The van der Waals surface area contributed by atoms with Crippen molar-refractivity contribution in [3.8, 4) is 0 Å². The van der Waals surface area contributed by atoms with Gasteiger partial charge in [0.2, 0.25) is 10.0 Å². The Labute approximate surface area is 174 Å². The van der Waals surface area contributed by atoms with Gasteiger partial charge in [0.25, 0.3) is 5.91 Å². The molecule has 0 N–H and O–H groups in total. The van der Waals surface area contributed by atoms with Crippen molar-refractivity contribution >= 4 is 27.7 Å². The van der Waals surface area contributed by atoms with E-state index in [0.717, 1.165) is 0 Å². The fourth-order valence-electron chi connectivity index (χ4n) is 3.02. The van der Waals surface area contributed by atoms with Gasteiger partial charge in [0.1, 0.15) is 0 Å². The molecule has 0 radical (unpaired) electrons. The minimum atomic E-state index is -3.72. The molecule has 0 bridgehead atoms. The van der Waals surface area contributed by atoms with E-state index in [1.165, 1.54) is 57.5 Å². The molecular weight excluding hydrogens is 412 g/mol. The summed E-state index contributed by atoms with van der Waals surface area (Å²) >= 11 is 0. The summed E-state index contributed by atoms with van der Waals surface area (Å²) in [7, 11) is -2.06. The zero-order valence-corrected chi connectivity index (χ0v) is 17.5. The SMILES string of the molecule is CC(=O)c1ccc(S(=O)(=O)N2CCN(C(=O)COC(=O)c3cnn(C)c3)CC2)cc1. The summed E-state index contributed by atoms with van der Waals surface area (Å²) in [4.78, 5) is 37.1. The first-order valence-electron chi connectivity index (χ1n) is 9.23. The average Bonchev–Trinajstić information content (AvgIpc) is 3.18. The predicted molar refractivity (Wildman–Crippen MR) is 105 cm³/mol. The Hall–Kier alpha value is -3.05. The number of hydrogen-bond acceptors (Lipinski definition) is 7. The summed E-state index contributed by atoms with van der Waals surface area (Å²) in [6.45, 7) is 1.61. The number of Topliss-reactive ketones (excluding diaryl/α,β-unsaturated/α-hetero) is 1. The van der Waals surface area contributed by atoms with Gasteiger partial charge >= 0.3 is 5.97 Å². The summed E-state index contributed by atoms with van der Waals surface area (Å²) in [6, 6.07) is 5.76. The minimum Gasteiger partial charge on any atom is -0.452 e. The van der Waals surface area contributed by atoms with Crippen LogP contribution in [0.25, 0.3) is 0 Å². The van der Waals surface area contributed by atoms with Crippen LogP contribution in [0.1, 0.15) is 27.6 Å². The molecule has 1 aliphatic heterocycles. The normalized spacial score (nSPS) is 15.1. The molecule has 0 unspecified atom stereocenters. The molecule has 2 aromatic rings. The summed E-state index contributed by atoms with van der Waals surface area (Å²) < 4.78 is 33.3. The molecule has 1 aliphatic rings. The van der Waals surface area contributed by atoms with Gasteiger partial charge < -0.3 is 9.64 Å². The summed E-state index contributed by atoms with van der Waals surface area (Å²) in [5.74, 6) is -1.18. The molecule has 1 aromatic carbocycles. The number of carbonyl (C=O) groups is 3. The Kier molecular flexibility index (Phi) is 6.32. The van der Waals surface area contributed by atoms with Gasteiger partial charge in [-0.15, -0.1) is 0 Å². The zero-order chi connectivity index (χ0) is 21.9. The molecule has 160 valence electrons. The second kappa shape index (κ2) is 8.76. The molecular formula is C19H22N4O6S. The average molecular weight is 434 g/mol. The van der Waals surface area contributed by atoms with Gasteiger partial charge in [-0.05, 0) is 19.1 Å². The molecule has 1 aromatic heterocycles. The van der Waals surface area contributed by atoms with Crippen LogP contribution in [-0.2, 0) is 26.6 Å². The van der Waals surface area contributed by atoms with Crippen LogP contribution in [0.15, 0.2) is 41.6 Å². The molecule has 1 fully saturated rings. The van der Waals surface area contributed by atoms with Crippen LogP contribution >= 0.6 is 0 Å². The lowest BCUT2D eigenvalue weighted by atomic mass is 10.2. The van der Waals surface area contributed by atoms with Crippen molar-refractivity contribution in [2.24, 2.45) is 7.05 Å². The van der Waals surface area contributed by atoms with Gasteiger partial charge in [-0.3, -0.25) is 14.3 Å². The van der Waals surface area contributed by atoms with E-state index in [9.17, 15) is 22.8 Å². The highest BCUT2D eigenvalue weighted by Crippen LogP contribution is 2.18. The quantitative estimate of drug-likeness (QED) is 0.474. The van der Waals surface area contributed by atoms with Crippen LogP contribution in [0.4, 0.5) is 0 Å². The van der Waals surface area contributed by atoms with Crippen LogP contribution in [-0.4, -0.2) is 77.8 Å². The van der Waals surface area contributed by atoms with Crippen LogP contribution < -0.4 is 0 Å². The largest absolute Gasteiger partial charge is 0.452 e. The van der Waals surface area contributed by atoms with Crippen molar-refractivity contribution in [3.63, 3.8) is 0 Å². The van der Waals surface area contributed by atoms with Gasteiger partial charge in [0.05, 0.1) is 16.7 Å². The zero-order valence-electron chi connectivity index (χ0n) is 16.6. The number of nitrogens with zero attached hydrogens (tertiary/aromatic N) is 4. The summed E-state index contributed by atoms with van der Waals surface area (Å²) in [6.07, 6.45) is 2.83. The third-order valence-electron chi connectivity index (χ3n) is 4.76. The first-order valence-corrected chi connectivity index (χ1v) is 10.7. The molecule has 10 nitrogen and oxygen atoms in total. The second-order valence-electron chi connectivity index (χ2n) is 6.84. The molecule has 2 heterocycles. The smallest absolute Gasteiger partial charge is 0.341 e. The van der Waals surface area contributed by atoms with Crippen LogP contribution in [0.2, 0.25) is 0 Å². The summed E-state index contributed by atoms with van der Waals surface area (Å²) in [5.41, 5.74) is 0.683. The number of esters is 1. The van der Waals surface area contributed by atoms with Crippen LogP contribution in [0, 0.1) is 0 Å². The monoisotopic (exact) mass is 434 g/mol. The molecule has 0 saturated carbocycles. The fourth-order valence-corrected chi connectivity index (χ4v) is 4.44. The fraction of sp³-hybridized carbons (Fsp3) is 0.368. The number of piperazine rings is 1. The lowest BCUT2D eigenvalue weighted by molar-refractivity contribution is -0.135. The Bertz CT molecular complexity index is 1050. The van der Waals surface area contributed by atoms with Crippen molar-refractivity contribution in [2.45, 2.75) is 11.8 Å². The number of benzene rings is 1. The number of sulfonamides is 1. The van der Waals surface area contributed by atoms with E-state index in [1.54, 1.807) is 7.05 Å². The lowest BCUT2D eigenvalue weighted by Crippen LogP contribution is -2.51. The van der Waals surface area contributed by atoms with Crippen molar-refractivity contribution in [3.05, 3.63) is 47.8 Å². The Morgan fingerprint density at radius 2 is 1.67 bits per heavy atom. The van der Waals surface area contributed by atoms with E-state index < -0.39 is 28.5 Å². The number of hydrogen-bond donors (Lipinski definition) is 0. The van der Waals surface area contributed by atoms with E-state index in [0.29, 0.717) is 5.56 Å². The summed E-state index contributed by atoms with van der Waals surface area (Å²) in [5, 5.41) is 3.87. The molecule has 0 atom stereocenters. The highest BCUT2D eigenvalue weighted by Gasteiger charge is 2.30. The molecule has 1 saturated heterocycles. The van der Waals surface area contributed by atoms with E-state index in [-0.39, 0.29) is 42.4 Å². The van der Waals surface area contributed by atoms with E-state index in [4.69, 9.17) is 4.74 Å². The molecule has 30 heavy (non-hydrogen) atoms. The third-order valence-corrected chi connectivity index (χ3v) is 6.67. The molecule has 1 amide bonds. The second-order valence-corrected chi connectivity index (χ2v) is 8.78. The Morgan fingerprint density at radius 3 is 2.20 bits per heavy atom. The van der Waals surface area contributed by atoms with Crippen LogP contribution in [0.5, 0.6) is 0 Å². The lowest BCUT2D eigenvalue weighted by Gasteiger charge is -2.33. The highest BCUT2D eigenvalue weighted by molar-refractivity contribution is 7.89. The van der Waals surface area contributed by atoms with Gasteiger partial charge in [-0.25, -0.2) is 13.2 Å². The van der Waals surface area contributed by atoms with Crippen molar-refractivity contribution < 1.29 is 27.5 Å². The van der Waals surface area contributed by atoms with E-state index >= 15 is 0 Å². The van der Waals surface area contributed by atoms with E-state index in [2.05, 4.69) is 5.10 Å². The van der Waals surface area contributed by atoms with Gasteiger partial charge in [0.15, 0.2) is 12.4 Å². The number of aromatic nitrogens is 2.